The molecular weight excluding hydrogens is 368 g/mol. The molecular formula is C17H12ClF2N3OS. The Morgan fingerprint density at radius 2 is 2.00 bits per heavy atom. The molecule has 0 fully saturated rings. The summed E-state index contributed by atoms with van der Waals surface area (Å²) in [5.41, 5.74) is 1.82. The molecule has 3 rings (SSSR count). The lowest BCUT2D eigenvalue weighted by atomic mass is 10.1. The summed E-state index contributed by atoms with van der Waals surface area (Å²) in [7, 11) is 0. The van der Waals surface area contributed by atoms with Crippen molar-refractivity contribution in [1.82, 2.24) is 14.8 Å². The van der Waals surface area contributed by atoms with E-state index in [2.05, 4.69) is 10.2 Å². The van der Waals surface area contributed by atoms with Gasteiger partial charge in [0.2, 0.25) is 0 Å². The summed E-state index contributed by atoms with van der Waals surface area (Å²) in [6.07, 6.45) is 1.52. The number of Topliss-reactive ketones (excluding diaryl/α,β-unsaturated/α-hetero) is 1. The summed E-state index contributed by atoms with van der Waals surface area (Å²) in [6, 6.07) is 8.60. The number of thioether (sulfide) groups is 1. The van der Waals surface area contributed by atoms with E-state index in [1.54, 1.807) is 10.6 Å². The zero-order valence-electron chi connectivity index (χ0n) is 13.0. The van der Waals surface area contributed by atoms with Crippen LogP contribution in [0.2, 0.25) is 5.02 Å². The normalized spacial score (nSPS) is 10.9. The van der Waals surface area contributed by atoms with E-state index in [1.165, 1.54) is 12.4 Å². The number of rotatable bonds is 5. The van der Waals surface area contributed by atoms with Crippen molar-refractivity contribution in [2.24, 2.45) is 0 Å². The number of hydrogen-bond acceptors (Lipinski definition) is 4. The van der Waals surface area contributed by atoms with E-state index in [1.807, 2.05) is 19.1 Å². The van der Waals surface area contributed by atoms with Gasteiger partial charge in [-0.1, -0.05) is 29.4 Å². The van der Waals surface area contributed by atoms with Crippen LogP contribution in [0.3, 0.4) is 0 Å². The van der Waals surface area contributed by atoms with Crippen molar-refractivity contribution in [3.05, 3.63) is 70.5 Å². The SMILES string of the molecule is Cc1ccc(-n2cnnc2SCC(=O)c2ccc(F)c(F)c2)cc1Cl. The number of hydrogen-bond donors (Lipinski definition) is 0. The number of benzene rings is 2. The maximum atomic E-state index is 13.2. The zero-order valence-corrected chi connectivity index (χ0v) is 14.6. The van der Waals surface area contributed by atoms with Crippen molar-refractivity contribution >= 4 is 29.1 Å². The summed E-state index contributed by atoms with van der Waals surface area (Å²) in [6.45, 7) is 1.90. The first-order valence-corrected chi connectivity index (χ1v) is 8.59. The standard InChI is InChI=1S/C17H12ClF2N3OS/c1-10-2-4-12(7-13(10)18)23-9-21-22-17(23)25-8-16(24)11-3-5-14(19)15(20)6-11/h2-7,9H,8H2,1H3. The van der Waals surface area contributed by atoms with E-state index < -0.39 is 11.6 Å². The lowest BCUT2D eigenvalue weighted by Crippen LogP contribution is -2.05. The molecule has 128 valence electrons. The van der Waals surface area contributed by atoms with Crippen LogP contribution in [0.5, 0.6) is 0 Å². The molecule has 4 nitrogen and oxygen atoms in total. The van der Waals surface area contributed by atoms with Gasteiger partial charge < -0.3 is 0 Å². The van der Waals surface area contributed by atoms with Crippen molar-refractivity contribution in [1.29, 1.82) is 0 Å². The minimum absolute atomic E-state index is 0.0172. The van der Waals surface area contributed by atoms with Gasteiger partial charge in [-0.2, -0.15) is 0 Å². The topological polar surface area (TPSA) is 47.8 Å². The van der Waals surface area contributed by atoms with Crippen LogP contribution < -0.4 is 0 Å². The van der Waals surface area contributed by atoms with Crippen LogP contribution in [0.15, 0.2) is 47.9 Å². The van der Waals surface area contributed by atoms with Crippen molar-refractivity contribution in [2.45, 2.75) is 12.1 Å². The number of carbonyl (C=O) groups is 1. The third-order valence-electron chi connectivity index (χ3n) is 3.52. The van der Waals surface area contributed by atoms with Crippen LogP contribution in [0.4, 0.5) is 8.78 Å². The Morgan fingerprint density at radius 3 is 2.72 bits per heavy atom. The number of aromatic nitrogens is 3. The summed E-state index contributed by atoms with van der Waals surface area (Å²) >= 11 is 7.29. The second-order valence-electron chi connectivity index (χ2n) is 5.26. The molecule has 1 heterocycles. The van der Waals surface area contributed by atoms with Gasteiger partial charge in [0, 0.05) is 10.6 Å². The van der Waals surface area contributed by atoms with Crippen LogP contribution in [0, 0.1) is 18.6 Å². The predicted octanol–water partition coefficient (Wildman–Crippen LogP) is 4.48. The number of halogens is 3. The number of ketones is 1. The highest BCUT2D eigenvalue weighted by Crippen LogP contribution is 2.24. The molecule has 0 radical (unpaired) electrons. The first-order valence-electron chi connectivity index (χ1n) is 7.23. The first-order chi connectivity index (χ1) is 12.0. The van der Waals surface area contributed by atoms with Crippen LogP contribution in [0.1, 0.15) is 15.9 Å². The molecule has 25 heavy (non-hydrogen) atoms. The fourth-order valence-electron chi connectivity index (χ4n) is 2.11. The van der Waals surface area contributed by atoms with Gasteiger partial charge in [0.25, 0.3) is 0 Å². The van der Waals surface area contributed by atoms with E-state index in [0.29, 0.717) is 10.2 Å². The third kappa shape index (κ3) is 3.88. The lowest BCUT2D eigenvalue weighted by Gasteiger charge is -2.08. The van der Waals surface area contributed by atoms with Gasteiger partial charge in [0.1, 0.15) is 6.33 Å². The van der Waals surface area contributed by atoms with E-state index in [4.69, 9.17) is 11.6 Å². The molecule has 0 unspecified atom stereocenters. The van der Waals surface area contributed by atoms with Crippen LogP contribution in [-0.2, 0) is 0 Å². The van der Waals surface area contributed by atoms with Crippen LogP contribution >= 0.6 is 23.4 Å². The smallest absolute Gasteiger partial charge is 0.196 e. The molecule has 0 N–H and O–H groups in total. The zero-order chi connectivity index (χ0) is 18.0. The van der Waals surface area contributed by atoms with Gasteiger partial charge in [0.15, 0.2) is 22.6 Å². The lowest BCUT2D eigenvalue weighted by molar-refractivity contribution is 0.102. The van der Waals surface area contributed by atoms with Gasteiger partial charge in [-0.15, -0.1) is 10.2 Å². The van der Waals surface area contributed by atoms with E-state index >= 15 is 0 Å². The number of carbonyl (C=O) groups excluding carboxylic acids is 1. The molecule has 0 aliphatic carbocycles. The molecule has 3 aromatic rings. The molecule has 0 bridgehead atoms. The average Bonchev–Trinajstić information content (AvgIpc) is 3.06. The van der Waals surface area contributed by atoms with Crippen LogP contribution in [0.25, 0.3) is 5.69 Å². The van der Waals surface area contributed by atoms with Crippen LogP contribution in [-0.4, -0.2) is 26.3 Å². The van der Waals surface area contributed by atoms with Gasteiger partial charge in [-0.25, -0.2) is 8.78 Å². The molecule has 0 spiro atoms. The second-order valence-corrected chi connectivity index (χ2v) is 6.61. The summed E-state index contributed by atoms with van der Waals surface area (Å²) in [5, 5.41) is 8.95. The summed E-state index contributed by atoms with van der Waals surface area (Å²) < 4.78 is 27.9. The molecule has 0 saturated heterocycles. The molecule has 0 aliphatic heterocycles. The monoisotopic (exact) mass is 379 g/mol. The highest BCUT2D eigenvalue weighted by molar-refractivity contribution is 7.99. The molecule has 8 heteroatoms. The largest absolute Gasteiger partial charge is 0.293 e. The maximum absolute atomic E-state index is 13.2. The highest BCUT2D eigenvalue weighted by Gasteiger charge is 2.14. The first kappa shape index (κ1) is 17.6. The minimum atomic E-state index is -1.05. The van der Waals surface area contributed by atoms with Crippen molar-refractivity contribution in [3.63, 3.8) is 0 Å². The highest BCUT2D eigenvalue weighted by atomic mass is 35.5. The van der Waals surface area contributed by atoms with E-state index in [-0.39, 0.29) is 17.1 Å². The Labute approximate surface area is 151 Å². The number of aryl methyl sites for hydroxylation is 1. The van der Waals surface area contributed by atoms with Gasteiger partial charge >= 0.3 is 0 Å². The fraction of sp³-hybridized carbons (Fsp3) is 0.118. The Bertz CT molecular complexity index is 945. The molecule has 0 amide bonds. The van der Waals surface area contributed by atoms with Crippen molar-refractivity contribution in [2.75, 3.05) is 5.75 Å². The molecule has 1 aromatic heterocycles. The Morgan fingerprint density at radius 1 is 1.20 bits per heavy atom. The van der Waals surface area contributed by atoms with Crippen molar-refractivity contribution < 1.29 is 13.6 Å². The number of nitrogens with zero attached hydrogens (tertiary/aromatic N) is 3. The van der Waals surface area contributed by atoms with Gasteiger partial charge in [-0.3, -0.25) is 9.36 Å². The third-order valence-corrected chi connectivity index (χ3v) is 4.87. The van der Waals surface area contributed by atoms with E-state index in [9.17, 15) is 13.6 Å². The maximum Gasteiger partial charge on any atom is 0.196 e. The molecule has 0 aliphatic rings. The van der Waals surface area contributed by atoms with E-state index in [0.717, 1.165) is 35.1 Å². The predicted molar refractivity (Wildman–Crippen MR) is 92.5 cm³/mol. The summed E-state index contributed by atoms with van der Waals surface area (Å²) in [4.78, 5) is 12.2. The fourth-order valence-corrected chi connectivity index (χ4v) is 3.11. The molecule has 0 atom stereocenters. The Kier molecular flexibility index (Phi) is 5.15. The Hall–Kier alpha value is -2.25. The van der Waals surface area contributed by atoms with Gasteiger partial charge in [-0.05, 0) is 42.8 Å². The summed E-state index contributed by atoms with van der Waals surface area (Å²) in [5.74, 6) is -2.35. The molecule has 2 aromatic carbocycles. The van der Waals surface area contributed by atoms with Gasteiger partial charge in [0.05, 0.1) is 11.4 Å². The average molecular weight is 380 g/mol. The Balaban J connectivity index is 1.76. The quantitative estimate of drug-likeness (QED) is 0.484. The minimum Gasteiger partial charge on any atom is -0.293 e. The van der Waals surface area contributed by atoms with Crippen molar-refractivity contribution in [3.8, 4) is 5.69 Å². The second kappa shape index (κ2) is 7.33. The molecule has 0 saturated carbocycles.